The van der Waals surface area contributed by atoms with Crippen LogP contribution in [0.4, 0.5) is 0 Å². The van der Waals surface area contributed by atoms with Crippen LogP contribution < -0.4 is 0 Å². The number of rotatable bonds is 1. The second kappa shape index (κ2) is 4.41. The van der Waals surface area contributed by atoms with Gasteiger partial charge in [0.05, 0.1) is 19.3 Å². The van der Waals surface area contributed by atoms with E-state index in [9.17, 15) is 4.79 Å². The van der Waals surface area contributed by atoms with Gasteiger partial charge in [-0.15, -0.1) is 0 Å². The third-order valence-corrected chi connectivity index (χ3v) is 3.34. The fourth-order valence-corrected chi connectivity index (χ4v) is 2.52. The molecule has 0 aromatic carbocycles. The Morgan fingerprint density at radius 2 is 2.29 bits per heavy atom. The number of hydrogen-bond acceptors (Lipinski definition) is 3. The van der Waals surface area contributed by atoms with Crippen LogP contribution in [-0.2, 0) is 9.53 Å². The Labute approximate surface area is 85.4 Å². The first-order valence-electron chi connectivity index (χ1n) is 5.65. The van der Waals surface area contributed by atoms with Crippen molar-refractivity contribution in [3.05, 3.63) is 0 Å². The monoisotopic (exact) mass is 197 g/mol. The van der Waals surface area contributed by atoms with Gasteiger partial charge < -0.3 is 4.74 Å². The average Bonchev–Trinajstić information content (AvgIpc) is 2.20. The Bertz CT molecular complexity index is 217. The number of ether oxygens (including phenoxy) is 1. The Morgan fingerprint density at radius 1 is 1.43 bits per heavy atom. The molecule has 2 fully saturated rings. The molecule has 14 heavy (non-hydrogen) atoms. The smallest absolute Gasteiger partial charge is 0.149 e. The highest BCUT2D eigenvalue weighted by atomic mass is 16.5. The first-order valence-corrected chi connectivity index (χ1v) is 5.65. The van der Waals surface area contributed by atoms with Gasteiger partial charge in [0.1, 0.15) is 5.78 Å². The molecule has 1 heterocycles. The molecule has 2 atom stereocenters. The molecular weight excluding hydrogens is 178 g/mol. The minimum atomic E-state index is 0.197. The van der Waals surface area contributed by atoms with Gasteiger partial charge in [0.2, 0.25) is 0 Å². The van der Waals surface area contributed by atoms with Crippen molar-refractivity contribution in [3.8, 4) is 0 Å². The quantitative estimate of drug-likeness (QED) is 0.633. The molecule has 1 saturated carbocycles. The molecule has 80 valence electrons. The molecule has 0 spiro atoms. The Hall–Kier alpha value is -0.410. The number of hydrogen-bond donors (Lipinski definition) is 0. The molecule has 1 aliphatic heterocycles. The fraction of sp³-hybridized carbons (Fsp3) is 0.909. The van der Waals surface area contributed by atoms with Gasteiger partial charge >= 0.3 is 0 Å². The van der Waals surface area contributed by atoms with Crippen molar-refractivity contribution in [2.24, 2.45) is 0 Å². The van der Waals surface area contributed by atoms with Crippen LogP contribution in [0, 0.1) is 0 Å². The van der Waals surface area contributed by atoms with Crippen LogP contribution in [0.15, 0.2) is 0 Å². The summed E-state index contributed by atoms with van der Waals surface area (Å²) in [6.07, 6.45) is 4.15. The van der Waals surface area contributed by atoms with E-state index in [0.717, 1.165) is 39.0 Å². The predicted octanol–water partition coefficient (Wildman–Crippen LogP) is 1.22. The highest BCUT2D eigenvalue weighted by molar-refractivity contribution is 5.84. The van der Waals surface area contributed by atoms with Gasteiger partial charge in [0.15, 0.2) is 0 Å². The molecule has 3 heteroatoms. The van der Waals surface area contributed by atoms with Gasteiger partial charge in [-0.3, -0.25) is 9.69 Å². The molecule has 2 unspecified atom stereocenters. The van der Waals surface area contributed by atoms with Crippen LogP contribution >= 0.6 is 0 Å². The SMILES string of the molecule is CC1COCCN1C1CCCCC1=O. The van der Waals surface area contributed by atoms with E-state index >= 15 is 0 Å². The largest absolute Gasteiger partial charge is 0.379 e. The first kappa shape index (κ1) is 10.1. The summed E-state index contributed by atoms with van der Waals surface area (Å²) in [5.41, 5.74) is 0. The molecule has 0 radical (unpaired) electrons. The lowest BCUT2D eigenvalue weighted by atomic mass is 9.92. The number of nitrogens with zero attached hydrogens (tertiary/aromatic N) is 1. The lowest BCUT2D eigenvalue weighted by molar-refractivity contribution is -0.130. The van der Waals surface area contributed by atoms with E-state index in [1.165, 1.54) is 6.42 Å². The lowest BCUT2D eigenvalue weighted by Gasteiger charge is -2.40. The molecule has 3 nitrogen and oxygen atoms in total. The van der Waals surface area contributed by atoms with E-state index in [0.29, 0.717) is 11.8 Å². The topological polar surface area (TPSA) is 29.5 Å². The number of morpholine rings is 1. The van der Waals surface area contributed by atoms with Gasteiger partial charge in [-0.1, -0.05) is 6.42 Å². The van der Waals surface area contributed by atoms with Crippen molar-refractivity contribution in [3.63, 3.8) is 0 Å². The molecule has 2 rings (SSSR count). The minimum absolute atomic E-state index is 0.197. The second-order valence-electron chi connectivity index (χ2n) is 4.39. The van der Waals surface area contributed by atoms with Crippen molar-refractivity contribution in [1.82, 2.24) is 4.90 Å². The molecule has 0 bridgehead atoms. The molecule has 1 saturated heterocycles. The maximum Gasteiger partial charge on any atom is 0.149 e. The number of carbonyl (C=O) groups is 1. The van der Waals surface area contributed by atoms with Crippen molar-refractivity contribution in [2.45, 2.75) is 44.7 Å². The molecule has 1 aliphatic carbocycles. The standard InChI is InChI=1S/C11H19NO2/c1-9-8-14-7-6-12(9)10-4-2-3-5-11(10)13/h9-10H,2-8H2,1H3. The molecule has 0 aromatic rings. The molecule has 2 aliphatic rings. The summed E-state index contributed by atoms with van der Waals surface area (Å²) in [6, 6.07) is 0.610. The predicted molar refractivity (Wildman–Crippen MR) is 54.3 cm³/mol. The second-order valence-corrected chi connectivity index (χ2v) is 4.39. The van der Waals surface area contributed by atoms with Gasteiger partial charge in [-0.05, 0) is 19.8 Å². The van der Waals surface area contributed by atoms with Crippen LogP contribution in [0.25, 0.3) is 0 Å². The Morgan fingerprint density at radius 3 is 3.00 bits per heavy atom. The molecule has 0 N–H and O–H groups in total. The summed E-state index contributed by atoms with van der Waals surface area (Å²) in [5, 5.41) is 0. The maximum absolute atomic E-state index is 11.8. The van der Waals surface area contributed by atoms with Gasteiger partial charge in [-0.2, -0.15) is 0 Å². The van der Waals surface area contributed by atoms with Crippen LogP contribution in [0.5, 0.6) is 0 Å². The third-order valence-electron chi connectivity index (χ3n) is 3.34. The number of ketones is 1. The highest BCUT2D eigenvalue weighted by Crippen LogP contribution is 2.22. The van der Waals surface area contributed by atoms with Crippen LogP contribution in [0.2, 0.25) is 0 Å². The van der Waals surface area contributed by atoms with Crippen molar-refractivity contribution in [1.29, 1.82) is 0 Å². The molecule has 0 aromatic heterocycles. The van der Waals surface area contributed by atoms with Crippen LogP contribution in [0.3, 0.4) is 0 Å². The van der Waals surface area contributed by atoms with Gasteiger partial charge in [-0.25, -0.2) is 0 Å². The number of carbonyl (C=O) groups excluding carboxylic acids is 1. The third kappa shape index (κ3) is 1.98. The summed E-state index contributed by atoms with van der Waals surface area (Å²) in [5.74, 6) is 0.449. The highest BCUT2D eigenvalue weighted by Gasteiger charge is 2.32. The zero-order valence-corrected chi connectivity index (χ0v) is 8.87. The maximum atomic E-state index is 11.8. The summed E-state index contributed by atoms with van der Waals surface area (Å²) in [6.45, 7) is 4.65. The van der Waals surface area contributed by atoms with Crippen molar-refractivity contribution >= 4 is 5.78 Å². The van der Waals surface area contributed by atoms with E-state index in [1.54, 1.807) is 0 Å². The fourth-order valence-electron chi connectivity index (χ4n) is 2.52. The summed E-state index contributed by atoms with van der Waals surface area (Å²) in [4.78, 5) is 14.1. The van der Waals surface area contributed by atoms with Gasteiger partial charge in [0, 0.05) is 19.0 Å². The van der Waals surface area contributed by atoms with Gasteiger partial charge in [0.25, 0.3) is 0 Å². The average molecular weight is 197 g/mol. The number of Topliss-reactive ketones (excluding diaryl/α,β-unsaturated/α-hetero) is 1. The Balaban J connectivity index is 2.00. The minimum Gasteiger partial charge on any atom is -0.379 e. The summed E-state index contributed by atoms with van der Waals surface area (Å²) >= 11 is 0. The Kier molecular flexibility index (Phi) is 3.19. The zero-order chi connectivity index (χ0) is 9.97. The van der Waals surface area contributed by atoms with E-state index in [4.69, 9.17) is 4.74 Å². The molecule has 0 amide bonds. The van der Waals surface area contributed by atoms with E-state index in [-0.39, 0.29) is 6.04 Å². The van der Waals surface area contributed by atoms with Crippen molar-refractivity contribution in [2.75, 3.05) is 19.8 Å². The zero-order valence-electron chi connectivity index (χ0n) is 8.87. The lowest BCUT2D eigenvalue weighted by Crippen LogP contribution is -2.53. The first-order chi connectivity index (χ1) is 6.79. The van der Waals surface area contributed by atoms with Crippen molar-refractivity contribution < 1.29 is 9.53 Å². The summed E-state index contributed by atoms with van der Waals surface area (Å²) in [7, 11) is 0. The van der Waals surface area contributed by atoms with E-state index in [1.807, 2.05) is 0 Å². The van der Waals surface area contributed by atoms with Crippen LogP contribution in [-0.4, -0.2) is 42.5 Å². The van der Waals surface area contributed by atoms with E-state index < -0.39 is 0 Å². The normalized spacial score (nSPS) is 35.9. The molecular formula is C11H19NO2. The summed E-state index contributed by atoms with van der Waals surface area (Å²) < 4.78 is 5.39. The van der Waals surface area contributed by atoms with Crippen LogP contribution in [0.1, 0.15) is 32.6 Å². The van der Waals surface area contributed by atoms with E-state index in [2.05, 4.69) is 11.8 Å².